The number of thiophene rings is 1. The van der Waals surface area contributed by atoms with Gasteiger partial charge in [-0.15, -0.1) is 11.3 Å². The van der Waals surface area contributed by atoms with Crippen molar-refractivity contribution in [3.8, 4) is 11.3 Å². The molecule has 4 aromatic rings. The zero-order chi connectivity index (χ0) is 24.4. The van der Waals surface area contributed by atoms with Gasteiger partial charge in [0, 0.05) is 33.2 Å². The molecule has 1 aliphatic heterocycles. The summed E-state index contributed by atoms with van der Waals surface area (Å²) in [5.41, 5.74) is 2.26. The molecule has 6 nitrogen and oxygen atoms in total. The molecule has 0 bridgehead atoms. The van der Waals surface area contributed by atoms with Gasteiger partial charge < -0.3 is 10.2 Å². The number of rotatable bonds is 3. The van der Waals surface area contributed by atoms with Crippen LogP contribution >= 0.6 is 27.3 Å². The van der Waals surface area contributed by atoms with Crippen molar-refractivity contribution in [2.24, 2.45) is 0 Å². The molecule has 0 aliphatic carbocycles. The van der Waals surface area contributed by atoms with E-state index >= 15 is 0 Å². The Morgan fingerprint density at radius 3 is 2.56 bits per heavy atom. The summed E-state index contributed by atoms with van der Waals surface area (Å²) in [6.45, 7) is 5.40. The monoisotopic (exact) mass is 549 g/mol. The highest BCUT2D eigenvalue weighted by molar-refractivity contribution is 9.10. The van der Waals surface area contributed by atoms with Crippen molar-refractivity contribution in [1.82, 2.24) is 20.1 Å². The molecule has 11 heteroatoms. The molecule has 0 saturated carbocycles. The van der Waals surface area contributed by atoms with Crippen LogP contribution in [0.2, 0.25) is 0 Å². The zero-order valence-electron chi connectivity index (χ0n) is 18.3. The van der Waals surface area contributed by atoms with E-state index in [1.807, 2.05) is 38.1 Å². The lowest BCUT2D eigenvalue weighted by molar-refractivity contribution is -0.141. The van der Waals surface area contributed by atoms with Gasteiger partial charge in [-0.3, -0.25) is 9.89 Å². The molecule has 2 N–H and O–H groups in total. The number of halogens is 4. The van der Waals surface area contributed by atoms with Crippen molar-refractivity contribution in [1.29, 1.82) is 0 Å². The lowest BCUT2D eigenvalue weighted by Crippen LogP contribution is -2.46. The molecule has 0 radical (unpaired) electrons. The third-order valence-electron chi connectivity index (χ3n) is 5.78. The number of hydrogen-bond donors (Lipinski definition) is 2. The molecule has 34 heavy (non-hydrogen) atoms. The van der Waals surface area contributed by atoms with Crippen LogP contribution in [-0.4, -0.2) is 32.0 Å². The number of carbonyl (C=O) groups excluding carboxylic acids is 1. The second-order valence-electron chi connectivity index (χ2n) is 8.36. The van der Waals surface area contributed by atoms with E-state index in [-0.39, 0.29) is 16.8 Å². The van der Waals surface area contributed by atoms with E-state index < -0.39 is 18.0 Å². The Bertz CT molecular complexity index is 1410. The maximum absolute atomic E-state index is 13.6. The molecule has 0 fully saturated rings. The average molecular weight is 550 g/mol. The Balaban J connectivity index is 1.67. The second kappa shape index (κ2) is 8.09. The highest BCUT2D eigenvalue weighted by Crippen LogP contribution is 2.46. The summed E-state index contributed by atoms with van der Waals surface area (Å²) < 4.78 is 41.0. The molecule has 5 rings (SSSR count). The number of hydrogen-bond acceptors (Lipinski definition) is 5. The van der Waals surface area contributed by atoms with Crippen LogP contribution in [0.15, 0.2) is 41.0 Å². The number of amides is 1. The molecule has 0 saturated heterocycles. The van der Waals surface area contributed by atoms with Crippen LogP contribution in [0.25, 0.3) is 21.5 Å². The molecular formula is C23H19BrF3N5OS. The van der Waals surface area contributed by atoms with Crippen LogP contribution in [0.1, 0.15) is 46.5 Å². The van der Waals surface area contributed by atoms with E-state index in [9.17, 15) is 18.0 Å². The van der Waals surface area contributed by atoms with Gasteiger partial charge in [-0.2, -0.15) is 18.3 Å². The second-order valence-corrected chi connectivity index (χ2v) is 10.3. The van der Waals surface area contributed by atoms with Crippen LogP contribution in [0.4, 0.5) is 18.9 Å². The van der Waals surface area contributed by atoms with Crippen LogP contribution in [-0.2, 0) is 6.18 Å². The summed E-state index contributed by atoms with van der Waals surface area (Å²) >= 11 is 4.41. The largest absolute Gasteiger partial charge is 0.433 e. The fraction of sp³-hybridized carbons (Fsp3) is 0.261. The Morgan fingerprint density at radius 1 is 1.21 bits per heavy atom. The zero-order valence-corrected chi connectivity index (χ0v) is 20.7. The molecule has 1 amide bonds. The third kappa shape index (κ3) is 3.67. The molecule has 176 valence electrons. The number of nitrogens with zero attached hydrogens (tertiary/aromatic N) is 3. The van der Waals surface area contributed by atoms with E-state index in [4.69, 9.17) is 0 Å². The molecule has 1 aliphatic rings. The normalized spacial score (nSPS) is 16.3. The number of carbonyl (C=O) groups is 1. The van der Waals surface area contributed by atoms with Crippen molar-refractivity contribution in [3.63, 3.8) is 0 Å². The lowest BCUT2D eigenvalue weighted by atomic mass is 10.0. The van der Waals surface area contributed by atoms with E-state index in [1.54, 1.807) is 18.0 Å². The van der Waals surface area contributed by atoms with Crippen molar-refractivity contribution in [2.45, 2.75) is 39.2 Å². The fourth-order valence-corrected chi connectivity index (χ4v) is 5.69. The van der Waals surface area contributed by atoms with Gasteiger partial charge in [0.15, 0.2) is 0 Å². The minimum Gasteiger partial charge on any atom is -0.359 e. The Kier molecular flexibility index (Phi) is 5.44. The molecular weight excluding hydrogens is 531 g/mol. The molecule has 1 atom stereocenters. The van der Waals surface area contributed by atoms with Crippen molar-refractivity contribution in [3.05, 3.63) is 62.7 Å². The van der Waals surface area contributed by atoms with Gasteiger partial charge in [0.1, 0.15) is 21.6 Å². The van der Waals surface area contributed by atoms with E-state index in [2.05, 4.69) is 36.4 Å². The van der Waals surface area contributed by atoms with Gasteiger partial charge >= 0.3 is 6.18 Å². The number of benzene rings is 1. The maximum atomic E-state index is 13.6. The Morgan fingerprint density at radius 2 is 1.91 bits per heavy atom. The highest BCUT2D eigenvalue weighted by atomic mass is 79.9. The van der Waals surface area contributed by atoms with E-state index in [1.165, 1.54) is 0 Å². The average Bonchev–Trinajstić information content (AvgIpc) is 3.38. The summed E-state index contributed by atoms with van der Waals surface area (Å²) in [4.78, 5) is 19.7. The van der Waals surface area contributed by atoms with Crippen LogP contribution in [0, 0.1) is 6.92 Å². The van der Waals surface area contributed by atoms with Crippen molar-refractivity contribution < 1.29 is 18.0 Å². The topological polar surface area (TPSA) is 73.9 Å². The van der Waals surface area contributed by atoms with Gasteiger partial charge in [-0.1, -0.05) is 28.1 Å². The third-order valence-corrected chi connectivity index (χ3v) is 7.38. The Labute approximate surface area is 205 Å². The summed E-state index contributed by atoms with van der Waals surface area (Å²) in [6, 6.07) is 8.50. The standard InChI is InChI=1S/C23H19BrF3N5OS/c1-10(2)32-20(14-9-28-31-17(14)12-4-6-13(24)7-5-12)30-18-16-11(3)8-15(23(25,26)27)29-21(16)34-19(18)22(32)33/h4-10,20,30H,1-3H3,(H,28,31). The van der Waals surface area contributed by atoms with Gasteiger partial charge in [0.25, 0.3) is 5.91 Å². The molecule has 0 spiro atoms. The first-order chi connectivity index (χ1) is 16.1. The highest BCUT2D eigenvalue weighted by Gasteiger charge is 2.40. The minimum atomic E-state index is -4.57. The number of fused-ring (bicyclic) bond motifs is 3. The Hall–Kier alpha value is -2.92. The molecule has 3 aromatic heterocycles. The van der Waals surface area contributed by atoms with Crippen molar-refractivity contribution >= 4 is 49.1 Å². The predicted octanol–water partition coefficient (Wildman–Crippen LogP) is 6.75. The fourth-order valence-electron chi connectivity index (χ4n) is 4.26. The SMILES string of the molecule is Cc1cc(C(F)(F)F)nc2sc3c(c12)NC(c1c[nH]nc1-c1ccc(Br)cc1)N(C(C)C)C3=O. The number of aryl methyl sites for hydroxylation is 1. The maximum Gasteiger partial charge on any atom is 0.433 e. The summed E-state index contributed by atoms with van der Waals surface area (Å²) in [5.74, 6) is -0.257. The molecule has 4 heterocycles. The lowest BCUT2D eigenvalue weighted by Gasteiger charge is -2.39. The number of H-pyrrole nitrogens is 1. The summed E-state index contributed by atoms with van der Waals surface area (Å²) in [5, 5.41) is 11.3. The first kappa shape index (κ1) is 22.9. The quantitative estimate of drug-likeness (QED) is 0.296. The van der Waals surface area contributed by atoms with Gasteiger partial charge in [-0.25, -0.2) is 4.98 Å². The number of anilines is 1. The number of pyridine rings is 1. The van der Waals surface area contributed by atoms with Gasteiger partial charge in [0.05, 0.1) is 11.4 Å². The predicted molar refractivity (Wildman–Crippen MR) is 129 cm³/mol. The number of alkyl halides is 3. The summed E-state index contributed by atoms with van der Waals surface area (Å²) in [6.07, 6.45) is -3.40. The van der Waals surface area contributed by atoms with Crippen molar-refractivity contribution in [2.75, 3.05) is 5.32 Å². The number of nitrogens with one attached hydrogen (secondary N) is 2. The first-order valence-corrected chi connectivity index (χ1v) is 12.1. The van der Waals surface area contributed by atoms with Crippen LogP contribution < -0.4 is 5.32 Å². The summed E-state index contributed by atoms with van der Waals surface area (Å²) in [7, 11) is 0. The van der Waals surface area contributed by atoms with Crippen LogP contribution in [0.3, 0.4) is 0 Å². The van der Waals surface area contributed by atoms with Gasteiger partial charge in [-0.05, 0) is 44.5 Å². The van der Waals surface area contributed by atoms with Gasteiger partial charge in [0.2, 0.25) is 0 Å². The minimum absolute atomic E-state index is 0.183. The molecule has 1 unspecified atom stereocenters. The van der Waals surface area contributed by atoms with E-state index in [0.29, 0.717) is 27.2 Å². The number of aromatic nitrogens is 3. The first-order valence-electron chi connectivity index (χ1n) is 10.5. The molecule has 1 aromatic carbocycles. The van der Waals surface area contributed by atoms with E-state index in [0.717, 1.165) is 33.0 Å². The van der Waals surface area contributed by atoms with Crippen LogP contribution in [0.5, 0.6) is 0 Å². The number of aromatic amines is 1. The smallest absolute Gasteiger partial charge is 0.359 e.